The van der Waals surface area contributed by atoms with Gasteiger partial charge < -0.3 is 10.2 Å². The molecule has 0 atom stereocenters. The van der Waals surface area contributed by atoms with Crippen molar-refractivity contribution in [3.63, 3.8) is 0 Å². The second-order valence-electron chi connectivity index (χ2n) is 4.17. The van der Waals surface area contributed by atoms with Gasteiger partial charge in [0, 0.05) is 25.3 Å². The Morgan fingerprint density at radius 2 is 2.25 bits per heavy atom. The van der Waals surface area contributed by atoms with Crippen molar-refractivity contribution >= 4 is 17.3 Å². The SMILES string of the molecule is CCCN(CC(=O)NC)c1ccc(C#N)c([N+](=O)[O-])c1. The zero-order valence-corrected chi connectivity index (χ0v) is 11.4. The van der Waals surface area contributed by atoms with Gasteiger partial charge in [-0.05, 0) is 18.6 Å². The molecule has 20 heavy (non-hydrogen) atoms. The number of hydrogen-bond donors (Lipinski definition) is 1. The zero-order valence-electron chi connectivity index (χ0n) is 11.4. The smallest absolute Gasteiger partial charge is 0.289 e. The highest BCUT2D eigenvalue weighted by molar-refractivity contribution is 5.81. The molecular formula is C13H16N4O3. The van der Waals surface area contributed by atoms with Gasteiger partial charge in [-0.1, -0.05) is 6.92 Å². The molecule has 1 N–H and O–H groups in total. The molecule has 0 heterocycles. The number of hydrogen-bond acceptors (Lipinski definition) is 5. The summed E-state index contributed by atoms with van der Waals surface area (Å²) in [5, 5.41) is 22.3. The van der Waals surface area contributed by atoms with Gasteiger partial charge >= 0.3 is 0 Å². The van der Waals surface area contributed by atoms with Gasteiger partial charge in [0.2, 0.25) is 5.91 Å². The standard InChI is InChI=1S/C13H16N4O3/c1-3-6-16(9-13(18)15-2)11-5-4-10(8-14)12(7-11)17(19)20/h4-5,7H,3,6,9H2,1-2H3,(H,15,18). The Labute approximate surface area is 117 Å². The van der Waals surface area contributed by atoms with Crippen LogP contribution in [0, 0.1) is 21.4 Å². The Morgan fingerprint density at radius 3 is 2.75 bits per heavy atom. The molecule has 0 unspecified atom stereocenters. The maximum Gasteiger partial charge on any atom is 0.289 e. The third-order valence-corrected chi connectivity index (χ3v) is 2.77. The lowest BCUT2D eigenvalue weighted by Gasteiger charge is -2.23. The van der Waals surface area contributed by atoms with Gasteiger partial charge in [-0.15, -0.1) is 0 Å². The molecule has 0 saturated carbocycles. The summed E-state index contributed by atoms with van der Waals surface area (Å²) in [4.78, 5) is 23.6. The third kappa shape index (κ3) is 3.68. The van der Waals surface area contributed by atoms with Crippen LogP contribution in [0.15, 0.2) is 18.2 Å². The maximum absolute atomic E-state index is 11.5. The van der Waals surface area contributed by atoms with Gasteiger partial charge in [0.25, 0.3) is 5.69 Å². The van der Waals surface area contributed by atoms with Crippen molar-refractivity contribution in [2.75, 3.05) is 25.0 Å². The van der Waals surface area contributed by atoms with Crippen LogP contribution in [0.2, 0.25) is 0 Å². The van der Waals surface area contributed by atoms with Crippen molar-refractivity contribution < 1.29 is 9.72 Å². The molecule has 7 nitrogen and oxygen atoms in total. The second kappa shape index (κ2) is 7.09. The lowest BCUT2D eigenvalue weighted by Crippen LogP contribution is -2.36. The van der Waals surface area contributed by atoms with E-state index >= 15 is 0 Å². The van der Waals surface area contributed by atoms with Gasteiger partial charge in [0.05, 0.1) is 11.5 Å². The number of nitro groups is 1. The van der Waals surface area contributed by atoms with Crippen LogP contribution in [0.25, 0.3) is 0 Å². The third-order valence-electron chi connectivity index (χ3n) is 2.77. The van der Waals surface area contributed by atoms with E-state index in [4.69, 9.17) is 5.26 Å². The highest BCUT2D eigenvalue weighted by Gasteiger charge is 2.18. The first-order valence-corrected chi connectivity index (χ1v) is 6.17. The number of rotatable bonds is 6. The Morgan fingerprint density at radius 1 is 1.55 bits per heavy atom. The maximum atomic E-state index is 11.5. The molecule has 0 fully saturated rings. The molecule has 0 aliphatic heterocycles. The van der Waals surface area contributed by atoms with E-state index in [2.05, 4.69) is 5.32 Å². The number of likely N-dealkylation sites (N-methyl/N-ethyl adjacent to an activating group) is 1. The van der Waals surface area contributed by atoms with E-state index in [9.17, 15) is 14.9 Å². The molecule has 0 radical (unpaired) electrons. The lowest BCUT2D eigenvalue weighted by molar-refractivity contribution is -0.385. The van der Waals surface area contributed by atoms with Crippen LogP contribution in [-0.2, 0) is 4.79 Å². The molecule has 106 valence electrons. The van der Waals surface area contributed by atoms with Gasteiger partial charge in [0.1, 0.15) is 11.6 Å². The average Bonchev–Trinajstić information content (AvgIpc) is 2.45. The summed E-state index contributed by atoms with van der Waals surface area (Å²) in [6.07, 6.45) is 0.796. The monoisotopic (exact) mass is 276 g/mol. The normalized spacial score (nSPS) is 9.65. The van der Waals surface area contributed by atoms with Crippen molar-refractivity contribution in [3.8, 4) is 6.07 Å². The summed E-state index contributed by atoms with van der Waals surface area (Å²) in [6, 6.07) is 6.14. The van der Waals surface area contributed by atoms with Crippen molar-refractivity contribution in [3.05, 3.63) is 33.9 Å². The summed E-state index contributed by atoms with van der Waals surface area (Å²) >= 11 is 0. The van der Waals surface area contributed by atoms with Crippen LogP contribution in [0.5, 0.6) is 0 Å². The summed E-state index contributed by atoms with van der Waals surface area (Å²) in [6.45, 7) is 2.67. The molecule has 1 amide bonds. The van der Waals surface area contributed by atoms with Gasteiger partial charge in [-0.2, -0.15) is 5.26 Å². The summed E-state index contributed by atoms with van der Waals surface area (Å²) in [7, 11) is 1.54. The number of nitro benzene ring substituents is 1. The lowest BCUT2D eigenvalue weighted by atomic mass is 10.1. The second-order valence-corrected chi connectivity index (χ2v) is 4.17. The highest BCUT2D eigenvalue weighted by Crippen LogP contribution is 2.25. The average molecular weight is 276 g/mol. The van der Waals surface area contributed by atoms with Crippen LogP contribution in [0.4, 0.5) is 11.4 Å². The van der Waals surface area contributed by atoms with E-state index in [1.54, 1.807) is 17.0 Å². The fourth-order valence-corrected chi connectivity index (χ4v) is 1.78. The number of nitriles is 1. The van der Waals surface area contributed by atoms with E-state index in [0.29, 0.717) is 12.2 Å². The Kier molecular flexibility index (Phi) is 5.47. The molecule has 0 spiro atoms. The van der Waals surface area contributed by atoms with Crippen LogP contribution in [-0.4, -0.2) is 31.0 Å². The topological polar surface area (TPSA) is 99.3 Å². The predicted molar refractivity (Wildman–Crippen MR) is 74.4 cm³/mol. The number of nitrogens with zero attached hydrogens (tertiary/aromatic N) is 3. The zero-order chi connectivity index (χ0) is 15.1. The van der Waals surface area contributed by atoms with Gasteiger partial charge in [-0.25, -0.2) is 0 Å². The molecule has 0 saturated heterocycles. The van der Waals surface area contributed by atoms with E-state index in [1.807, 2.05) is 6.92 Å². The first-order chi connectivity index (χ1) is 9.53. The van der Waals surface area contributed by atoms with Crippen molar-refractivity contribution in [2.24, 2.45) is 0 Å². The molecule has 1 aromatic carbocycles. The van der Waals surface area contributed by atoms with Gasteiger partial charge in [0.15, 0.2) is 0 Å². The number of anilines is 1. The predicted octanol–water partition coefficient (Wildman–Crippen LogP) is 1.43. The molecule has 1 rings (SSSR count). The largest absolute Gasteiger partial charge is 0.362 e. The quantitative estimate of drug-likeness (QED) is 0.626. The molecule has 1 aromatic rings. The minimum Gasteiger partial charge on any atom is -0.362 e. The van der Waals surface area contributed by atoms with Crippen molar-refractivity contribution in [2.45, 2.75) is 13.3 Å². The summed E-state index contributed by atoms with van der Waals surface area (Å²) in [5.74, 6) is -0.175. The van der Waals surface area contributed by atoms with Crippen LogP contribution in [0.3, 0.4) is 0 Å². The Hall–Kier alpha value is -2.62. The van der Waals surface area contributed by atoms with E-state index < -0.39 is 4.92 Å². The summed E-state index contributed by atoms with van der Waals surface area (Å²) in [5.41, 5.74) is 0.319. The minimum atomic E-state index is -0.591. The molecule has 7 heteroatoms. The number of carbonyl (C=O) groups excluding carboxylic acids is 1. The highest BCUT2D eigenvalue weighted by atomic mass is 16.6. The van der Waals surface area contributed by atoms with Crippen molar-refractivity contribution in [1.29, 1.82) is 5.26 Å². The molecule has 0 bridgehead atoms. The fraction of sp³-hybridized carbons (Fsp3) is 0.385. The molecular weight excluding hydrogens is 260 g/mol. The summed E-state index contributed by atoms with van der Waals surface area (Å²) < 4.78 is 0. The molecule has 0 aliphatic rings. The van der Waals surface area contributed by atoms with E-state index in [-0.39, 0.29) is 23.7 Å². The minimum absolute atomic E-state index is 0.00939. The first kappa shape index (κ1) is 15.4. The van der Waals surface area contributed by atoms with Crippen LogP contribution >= 0.6 is 0 Å². The number of nitrogens with one attached hydrogen (secondary N) is 1. The van der Waals surface area contributed by atoms with E-state index in [1.165, 1.54) is 19.2 Å². The first-order valence-electron chi connectivity index (χ1n) is 6.17. The fourth-order valence-electron chi connectivity index (χ4n) is 1.78. The molecule has 0 aromatic heterocycles. The number of carbonyl (C=O) groups is 1. The molecule has 0 aliphatic carbocycles. The van der Waals surface area contributed by atoms with Crippen LogP contribution < -0.4 is 10.2 Å². The van der Waals surface area contributed by atoms with Crippen molar-refractivity contribution in [1.82, 2.24) is 5.32 Å². The van der Waals surface area contributed by atoms with Crippen LogP contribution in [0.1, 0.15) is 18.9 Å². The number of benzene rings is 1. The number of amides is 1. The van der Waals surface area contributed by atoms with E-state index in [0.717, 1.165) is 6.42 Å². The van der Waals surface area contributed by atoms with Gasteiger partial charge in [-0.3, -0.25) is 14.9 Å². The Bertz CT molecular complexity index is 551. The Balaban J connectivity index is 3.14.